The highest BCUT2D eigenvalue weighted by molar-refractivity contribution is 6.08. The Morgan fingerprint density at radius 2 is 1.78 bits per heavy atom. The van der Waals surface area contributed by atoms with Gasteiger partial charge in [-0.15, -0.1) is 0 Å². The van der Waals surface area contributed by atoms with Gasteiger partial charge < -0.3 is 29.5 Å². The van der Waals surface area contributed by atoms with Crippen LogP contribution in [-0.4, -0.2) is 129 Å². The Kier molecular flexibility index (Phi) is 13.3. The third kappa shape index (κ3) is 9.68. The average Bonchev–Trinajstić information content (AvgIpc) is 3.94. The Morgan fingerprint density at radius 1 is 1.00 bits per heavy atom. The molecule has 0 radical (unpaired) electrons. The van der Waals surface area contributed by atoms with Gasteiger partial charge in [-0.05, 0) is 82.4 Å². The number of ketones is 2. The van der Waals surface area contributed by atoms with Gasteiger partial charge >= 0.3 is 0 Å². The Hall–Kier alpha value is -5.66. The van der Waals surface area contributed by atoms with Gasteiger partial charge in [0.05, 0.1) is 66.3 Å². The predicted octanol–water partition coefficient (Wildman–Crippen LogP) is 5.57. The number of morpholine rings is 1. The first-order valence-electron chi connectivity index (χ1n) is 23.0. The molecule has 4 fully saturated rings. The summed E-state index contributed by atoms with van der Waals surface area (Å²) in [6.45, 7) is 8.41. The first-order chi connectivity index (χ1) is 31.5. The zero-order chi connectivity index (χ0) is 45.2. The summed E-state index contributed by atoms with van der Waals surface area (Å²) in [4.78, 5) is 68.1. The maximum Gasteiger partial charge on any atom is 0.284 e. The van der Waals surface area contributed by atoms with Crippen LogP contribution in [0.2, 0.25) is 0 Å². The number of aryl methyl sites for hydroxylation is 1. The Balaban J connectivity index is 0.724. The number of piperidine rings is 1. The van der Waals surface area contributed by atoms with Gasteiger partial charge in [-0.3, -0.25) is 28.4 Å². The molecule has 2 aliphatic carbocycles. The Morgan fingerprint density at radius 3 is 2.54 bits per heavy atom. The molecular formula is C46H57F2N11O6. The Labute approximate surface area is 375 Å². The van der Waals surface area contributed by atoms with Crippen molar-refractivity contribution in [3.63, 3.8) is 0 Å². The fourth-order valence-electron chi connectivity index (χ4n) is 10.1. The van der Waals surface area contributed by atoms with Crippen LogP contribution < -0.4 is 20.7 Å². The van der Waals surface area contributed by atoms with Crippen molar-refractivity contribution in [2.75, 3.05) is 81.3 Å². The summed E-state index contributed by atoms with van der Waals surface area (Å²) in [7, 11) is 1.95. The van der Waals surface area contributed by atoms with Crippen LogP contribution in [0, 0.1) is 12.8 Å². The Bertz CT molecular complexity index is 2590. The molecule has 2 aliphatic heterocycles. The largest absolute Gasteiger partial charge is 0.378 e. The molecule has 1 atom stereocenters. The highest BCUT2D eigenvalue weighted by Crippen LogP contribution is 2.36. The molecule has 9 rings (SSSR count). The third-order valence-corrected chi connectivity index (χ3v) is 13.6. The lowest BCUT2D eigenvalue weighted by Gasteiger charge is -2.36. The number of halogens is 2. The van der Waals surface area contributed by atoms with Gasteiger partial charge in [-0.1, -0.05) is 6.07 Å². The minimum Gasteiger partial charge on any atom is -0.378 e. The molecule has 1 aromatic carbocycles. The number of hydrogen-bond acceptors (Lipinski definition) is 13. The average molecular weight is 898 g/mol. The van der Waals surface area contributed by atoms with Gasteiger partial charge in [0.15, 0.2) is 17.1 Å². The number of ether oxygens (including phenoxy) is 2. The number of fused-ring (bicyclic) bond motifs is 2. The number of likely N-dealkylation sites (tertiary alicyclic amines) is 1. The van der Waals surface area contributed by atoms with Crippen molar-refractivity contribution in [1.29, 1.82) is 0 Å². The van der Waals surface area contributed by atoms with Crippen LogP contribution in [0.5, 0.6) is 0 Å². The summed E-state index contributed by atoms with van der Waals surface area (Å²) < 4.78 is 44.9. The summed E-state index contributed by atoms with van der Waals surface area (Å²) in [5.74, 6) is 0.767. The van der Waals surface area contributed by atoms with E-state index < -0.39 is 24.1 Å². The van der Waals surface area contributed by atoms with Crippen molar-refractivity contribution >= 4 is 51.2 Å². The fourth-order valence-corrected chi connectivity index (χ4v) is 10.1. The van der Waals surface area contributed by atoms with Crippen LogP contribution in [0.15, 0.2) is 47.7 Å². The number of carbonyl (C=O) groups excluding carboxylic acids is 3. The quantitative estimate of drug-likeness (QED) is 0.108. The van der Waals surface area contributed by atoms with E-state index in [1.54, 1.807) is 17.8 Å². The van der Waals surface area contributed by atoms with E-state index in [4.69, 9.17) is 14.5 Å². The van der Waals surface area contributed by atoms with E-state index in [9.17, 15) is 28.0 Å². The lowest BCUT2D eigenvalue weighted by atomic mass is 9.85. The number of alkyl halides is 2. The van der Waals surface area contributed by atoms with Gasteiger partial charge in [-0.25, -0.2) is 23.3 Å². The van der Waals surface area contributed by atoms with Crippen molar-refractivity contribution in [3.8, 4) is 0 Å². The van der Waals surface area contributed by atoms with E-state index in [1.165, 1.54) is 21.5 Å². The summed E-state index contributed by atoms with van der Waals surface area (Å²) in [5, 5.41) is 11.7. The van der Waals surface area contributed by atoms with Gasteiger partial charge in [-0.2, -0.15) is 10.2 Å². The molecule has 5 aromatic rings. The fraction of sp³-hybridized carbons (Fsp3) is 0.565. The second-order valence-electron chi connectivity index (χ2n) is 17.9. The van der Waals surface area contributed by atoms with Gasteiger partial charge in [0.25, 0.3) is 17.9 Å². The van der Waals surface area contributed by atoms with Gasteiger partial charge in [0.2, 0.25) is 0 Å². The van der Waals surface area contributed by atoms with Crippen LogP contribution in [-0.2, 0) is 19.1 Å². The zero-order valence-corrected chi connectivity index (χ0v) is 37.0. The first kappa shape index (κ1) is 44.5. The summed E-state index contributed by atoms with van der Waals surface area (Å²) >= 11 is 0. The first-order valence-corrected chi connectivity index (χ1v) is 23.0. The lowest BCUT2D eigenvalue weighted by Crippen LogP contribution is -2.40. The number of Topliss-reactive ketones (excluding diaryl/α,β-unsaturated/α-hetero) is 2. The molecule has 0 spiro atoms. The molecule has 1 amide bonds. The standard InChI is InChI=1S/C46H57F2N11O6/c1-29-50-35-5-3-6-38(41(35)46(63)59(29)37-12-11-32(60)25-39(37)61)54(2)16-4-22-65-33-13-17-55(18-14-33)27-30-7-9-31(10-8-30)58-28-36(42(53-58)43(47)48)51-45(62)34-26-49-57-19-15-40(52-44(34)57)56-20-23-64-24-21-56/h3,5-6,15,19,26,28,30-31,33,37,43H,4,7-14,16-18,20-25,27H2,1-2H3,(H,51,62). The molecule has 4 aromatic heterocycles. The van der Waals surface area contributed by atoms with Crippen LogP contribution in [0.25, 0.3) is 16.6 Å². The lowest BCUT2D eigenvalue weighted by molar-refractivity contribution is -0.132. The predicted molar refractivity (Wildman–Crippen MR) is 239 cm³/mol. The molecular weight excluding hydrogens is 841 g/mol. The number of rotatable bonds is 14. The van der Waals surface area contributed by atoms with E-state index in [0.29, 0.717) is 80.0 Å². The molecule has 1 N–H and O–H groups in total. The number of carbonyl (C=O) groups is 3. The van der Waals surface area contributed by atoms with Crippen molar-refractivity contribution in [1.82, 2.24) is 38.8 Å². The van der Waals surface area contributed by atoms with Gasteiger partial charge in [0.1, 0.15) is 23.0 Å². The smallest absolute Gasteiger partial charge is 0.284 e. The molecule has 19 heteroatoms. The minimum absolute atomic E-state index is 0.00799. The van der Waals surface area contributed by atoms with Crippen molar-refractivity contribution < 1.29 is 32.6 Å². The zero-order valence-electron chi connectivity index (χ0n) is 37.0. The van der Waals surface area contributed by atoms with Crippen molar-refractivity contribution in [2.45, 2.75) is 95.7 Å². The summed E-state index contributed by atoms with van der Waals surface area (Å²) in [6, 6.07) is 6.73. The van der Waals surface area contributed by atoms with E-state index in [2.05, 4.69) is 30.3 Å². The molecule has 0 bridgehead atoms. The third-order valence-electron chi connectivity index (χ3n) is 13.6. The van der Waals surface area contributed by atoms with E-state index in [1.807, 2.05) is 36.2 Å². The van der Waals surface area contributed by atoms with E-state index >= 15 is 0 Å². The number of nitrogens with one attached hydrogen (secondary N) is 1. The number of amides is 1. The molecule has 2 saturated heterocycles. The highest BCUT2D eigenvalue weighted by Gasteiger charge is 2.32. The maximum atomic E-state index is 14.3. The summed E-state index contributed by atoms with van der Waals surface area (Å²) in [6.07, 6.45) is 8.64. The molecule has 6 heterocycles. The molecule has 17 nitrogen and oxygen atoms in total. The van der Waals surface area contributed by atoms with Crippen LogP contribution in [0.3, 0.4) is 0 Å². The molecule has 4 aliphatic rings. The SMILES string of the molecule is Cc1nc2cccc(N(C)CCCOC3CCN(CC4CCC(n5cc(NC(=O)c6cnn7ccc(N8CCOCC8)nc67)c(C(F)F)n5)CC4)CC3)c2c(=O)n1C1CCC(=O)CC1=O. The monoisotopic (exact) mass is 897 g/mol. The van der Waals surface area contributed by atoms with Gasteiger partial charge in [0, 0.05) is 71.7 Å². The number of hydrogen-bond donors (Lipinski definition) is 1. The van der Waals surface area contributed by atoms with Crippen molar-refractivity contribution in [2.24, 2.45) is 5.92 Å². The highest BCUT2D eigenvalue weighted by atomic mass is 19.3. The van der Waals surface area contributed by atoms with Crippen LogP contribution in [0.4, 0.5) is 26.0 Å². The normalized spacial score (nSPS) is 21.5. The second kappa shape index (κ2) is 19.4. The molecule has 1 unspecified atom stereocenters. The summed E-state index contributed by atoms with van der Waals surface area (Å²) in [5.41, 5.74) is 1.15. The number of anilines is 3. The topological polar surface area (TPSA) is 174 Å². The minimum atomic E-state index is -2.86. The molecule has 2 saturated carbocycles. The van der Waals surface area contributed by atoms with E-state index in [-0.39, 0.29) is 53.4 Å². The second-order valence-corrected chi connectivity index (χ2v) is 17.9. The molecule has 65 heavy (non-hydrogen) atoms. The number of aromatic nitrogens is 7. The maximum absolute atomic E-state index is 14.3. The molecule has 346 valence electrons. The van der Waals surface area contributed by atoms with Crippen LogP contribution >= 0.6 is 0 Å². The number of benzene rings is 1. The number of nitrogens with zero attached hydrogens (tertiary/aromatic N) is 10. The van der Waals surface area contributed by atoms with E-state index in [0.717, 1.165) is 70.3 Å². The van der Waals surface area contributed by atoms with Crippen LogP contribution in [0.1, 0.15) is 105 Å². The van der Waals surface area contributed by atoms with Crippen molar-refractivity contribution in [3.05, 3.63) is 70.3 Å².